The molecule has 0 unspecified atom stereocenters. The van der Waals surface area contributed by atoms with E-state index in [9.17, 15) is 4.79 Å². The summed E-state index contributed by atoms with van der Waals surface area (Å²) in [6.07, 6.45) is 4.12. The number of aromatic nitrogens is 4. The molecule has 0 bridgehead atoms. The van der Waals surface area contributed by atoms with Gasteiger partial charge in [0.15, 0.2) is 0 Å². The van der Waals surface area contributed by atoms with E-state index in [1.807, 2.05) is 24.7 Å². The van der Waals surface area contributed by atoms with Gasteiger partial charge in [0.2, 0.25) is 0 Å². The van der Waals surface area contributed by atoms with Crippen LogP contribution in [0, 0.1) is 13.8 Å². The third-order valence-electron chi connectivity index (χ3n) is 3.72. The summed E-state index contributed by atoms with van der Waals surface area (Å²) < 4.78 is 7.66. The number of hydrogen-bond acceptors (Lipinski definition) is 5. The number of amides is 1. The van der Waals surface area contributed by atoms with Gasteiger partial charge in [-0.25, -0.2) is 15.0 Å². The molecule has 1 saturated heterocycles. The highest BCUT2D eigenvalue weighted by molar-refractivity contribution is 5.92. The van der Waals surface area contributed by atoms with Crippen molar-refractivity contribution in [3.05, 3.63) is 41.5 Å². The summed E-state index contributed by atoms with van der Waals surface area (Å²) in [7, 11) is 1.92. The number of nitrogens with one attached hydrogen (secondary N) is 1. The average Bonchev–Trinajstić information content (AvgIpc) is 3.06. The van der Waals surface area contributed by atoms with Crippen molar-refractivity contribution in [3.8, 4) is 0 Å². The van der Waals surface area contributed by atoms with Crippen LogP contribution in [0.3, 0.4) is 0 Å². The molecular formula is C15H19N5O2. The minimum absolute atomic E-state index is 0.107. The Labute approximate surface area is 128 Å². The quantitative estimate of drug-likeness (QED) is 0.917. The van der Waals surface area contributed by atoms with Gasteiger partial charge in [0.25, 0.3) is 5.91 Å². The van der Waals surface area contributed by atoms with Crippen LogP contribution < -0.4 is 5.32 Å². The lowest BCUT2D eigenvalue weighted by molar-refractivity contribution is 0.0776. The molecule has 1 fully saturated rings. The number of nitrogens with zero attached hydrogens (tertiary/aromatic N) is 4. The van der Waals surface area contributed by atoms with Gasteiger partial charge in [-0.3, -0.25) is 4.79 Å². The topological polar surface area (TPSA) is 81.9 Å². The van der Waals surface area contributed by atoms with Gasteiger partial charge >= 0.3 is 0 Å². The zero-order valence-corrected chi connectivity index (χ0v) is 12.9. The number of imidazole rings is 1. The summed E-state index contributed by atoms with van der Waals surface area (Å²) in [4.78, 5) is 25.1. The predicted molar refractivity (Wildman–Crippen MR) is 79.3 cm³/mol. The lowest BCUT2D eigenvalue weighted by Crippen LogP contribution is -2.38. The molecule has 7 heteroatoms. The Morgan fingerprint density at radius 3 is 2.91 bits per heavy atom. The van der Waals surface area contributed by atoms with Gasteiger partial charge in [-0.05, 0) is 26.3 Å². The monoisotopic (exact) mass is 301 g/mol. The first-order valence-corrected chi connectivity index (χ1v) is 7.26. The van der Waals surface area contributed by atoms with Gasteiger partial charge in [0.1, 0.15) is 23.4 Å². The first-order chi connectivity index (χ1) is 10.5. The molecule has 1 aliphatic rings. The highest BCUT2D eigenvalue weighted by Crippen LogP contribution is 2.27. The summed E-state index contributed by atoms with van der Waals surface area (Å²) in [5.41, 5.74) is 1.16. The molecule has 0 aliphatic carbocycles. The lowest BCUT2D eigenvalue weighted by atomic mass is 10.1. The largest absolute Gasteiger partial charge is 0.368 e. The molecule has 0 saturated carbocycles. The lowest BCUT2D eigenvalue weighted by Gasteiger charge is -2.19. The molecule has 0 spiro atoms. The average molecular weight is 301 g/mol. The van der Waals surface area contributed by atoms with E-state index < -0.39 is 0 Å². The van der Waals surface area contributed by atoms with E-state index in [-0.39, 0.29) is 18.1 Å². The first kappa shape index (κ1) is 14.6. The van der Waals surface area contributed by atoms with Crippen LogP contribution in [0.5, 0.6) is 0 Å². The molecular weight excluding hydrogens is 282 g/mol. The van der Waals surface area contributed by atoms with Crippen LogP contribution in [0.25, 0.3) is 0 Å². The molecule has 22 heavy (non-hydrogen) atoms. The predicted octanol–water partition coefficient (Wildman–Crippen LogP) is 1.09. The van der Waals surface area contributed by atoms with Gasteiger partial charge in [-0.1, -0.05) is 0 Å². The zero-order valence-electron chi connectivity index (χ0n) is 12.9. The van der Waals surface area contributed by atoms with E-state index in [0.29, 0.717) is 18.1 Å². The van der Waals surface area contributed by atoms with Crippen molar-refractivity contribution in [2.24, 2.45) is 7.05 Å². The van der Waals surface area contributed by atoms with Crippen LogP contribution in [0.15, 0.2) is 18.5 Å². The molecule has 1 amide bonds. The number of aryl methyl sites for hydroxylation is 3. The van der Waals surface area contributed by atoms with Crippen molar-refractivity contribution < 1.29 is 9.53 Å². The van der Waals surface area contributed by atoms with E-state index in [1.54, 1.807) is 19.2 Å². The number of ether oxygens (including phenoxy) is 1. The number of hydrogen-bond donors (Lipinski definition) is 1. The second kappa shape index (κ2) is 5.84. The molecule has 0 aromatic carbocycles. The molecule has 2 aromatic rings. The van der Waals surface area contributed by atoms with Crippen molar-refractivity contribution in [2.45, 2.75) is 32.4 Å². The third-order valence-corrected chi connectivity index (χ3v) is 3.72. The van der Waals surface area contributed by atoms with E-state index >= 15 is 0 Å². The normalized spacial score (nSPS) is 21.0. The smallest absolute Gasteiger partial charge is 0.270 e. The van der Waals surface area contributed by atoms with E-state index in [0.717, 1.165) is 17.9 Å². The van der Waals surface area contributed by atoms with Gasteiger partial charge in [-0.2, -0.15) is 0 Å². The fraction of sp³-hybridized carbons (Fsp3) is 0.467. The van der Waals surface area contributed by atoms with Crippen molar-refractivity contribution in [1.29, 1.82) is 0 Å². The van der Waals surface area contributed by atoms with Crippen molar-refractivity contribution >= 4 is 5.91 Å². The Morgan fingerprint density at radius 2 is 2.23 bits per heavy atom. The highest BCUT2D eigenvalue weighted by Gasteiger charge is 2.33. The van der Waals surface area contributed by atoms with Crippen LogP contribution in [0.1, 0.15) is 40.4 Å². The maximum atomic E-state index is 12.4. The number of rotatable bonds is 3. The summed E-state index contributed by atoms with van der Waals surface area (Å²) >= 11 is 0. The SMILES string of the molecule is Cc1cc(C(=O)N[C@H]2CCO[C@@H]2c2nccn2C)nc(C)n1. The molecule has 1 aliphatic heterocycles. The summed E-state index contributed by atoms with van der Waals surface area (Å²) in [5, 5.41) is 3.01. The molecule has 2 atom stereocenters. The molecule has 2 aromatic heterocycles. The van der Waals surface area contributed by atoms with Crippen LogP contribution in [-0.2, 0) is 11.8 Å². The van der Waals surface area contributed by atoms with Gasteiger partial charge in [0, 0.05) is 31.7 Å². The number of carbonyl (C=O) groups excluding carboxylic acids is 1. The van der Waals surface area contributed by atoms with Crippen LogP contribution >= 0.6 is 0 Å². The van der Waals surface area contributed by atoms with E-state index in [4.69, 9.17) is 4.74 Å². The van der Waals surface area contributed by atoms with Gasteiger partial charge < -0.3 is 14.6 Å². The molecule has 1 N–H and O–H groups in total. The Bertz CT molecular complexity index is 677. The Morgan fingerprint density at radius 1 is 1.41 bits per heavy atom. The minimum Gasteiger partial charge on any atom is -0.368 e. The zero-order chi connectivity index (χ0) is 15.7. The second-order valence-electron chi connectivity index (χ2n) is 5.50. The maximum Gasteiger partial charge on any atom is 0.270 e. The Kier molecular flexibility index (Phi) is 3.89. The summed E-state index contributed by atoms with van der Waals surface area (Å²) in [5.74, 6) is 1.20. The fourth-order valence-electron chi connectivity index (χ4n) is 2.72. The second-order valence-corrected chi connectivity index (χ2v) is 5.50. The summed E-state index contributed by atoms with van der Waals surface area (Å²) in [6.45, 7) is 4.23. The van der Waals surface area contributed by atoms with Crippen LogP contribution in [0.4, 0.5) is 0 Å². The van der Waals surface area contributed by atoms with Gasteiger partial charge in [-0.15, -0.1) is 0 Å². The Hall–Kier alpha value is -2.28. The highest BCUT2D eigenvalue weighted by atomic mass is 16.5. The van der Waals surface area contributed by atoms with Gasteiger partial charge in [0.05, 0.1) is 6.04 Å². The maximum absolute atomic E-state index is 12.4. The van der Waals surface area contributed by atoms with E-state index in [2.05, 4.69) is 20.3 Å². The van der Waals surface area contributed by atoms with Crippen molar-refractivity contribution in [3.63, 3.8) is 0 Å². The standard InChI is InChI=1S/C15H19N5O2/c1-9-8-12(18-10(2)17-9)15(21)19-11-4-7-22-13(11)14-16-5-6-20(14)3/h5-6,8,11,13H,4,7H2,1-3H3,(H,19,21)/t11-,13-/m0/s1. The summed E-state index contributed by atoms with van der Waals surface area (Å²) in [6, 6.07) is 1.58. The molecule has 3 heterocycles. The molecule has 0 radical (unpaired) electrons. The van der Waals surface area contributed by atoms with Crippen molar-refractivity contribution in [1.82, 2.24) is 24.8 Å². The van der Waals surface area contributed by atoms with Crippen molar-refractivity contribution in [2.75, 3.05) is 6.61 Å². The first-order valence-electron chi connectivity index (χ1n) is 7.26. The van der Waals surface area contributed by atoms with Crippen LogP contribution in [-0.4, -0.2) is 38.1 Å². The molecule has 7 nitrogen and oxygen atoms in total. The Balaban J connectivity index is 1.77. The fourth-order valence-corrected chi connectivity index (χ4v) is 2.72. The molecule has 116 valence electrons. The number of carbonyl (C=O) groups is 1. The van der Waals surface area contributed by atoms with Crippen LogP contribution in [0.2, 0.25) is 0 Å². The minimum atomic E-state index is -0.229. The van der Waals surface area contributed by atoms with E-state index in [1.165, 1.54) is 0 Å². The third kappa shape index (κ3) is 2.85. The molecule has 3 rings (SSSR count).